The molecule has 0 aromatic heterocycles. The highest BCUT2D eigenvalue weighted by Gasteiger charge is 2.29. The first kappa shape index (κ1) is 13.5. The minimum absolute atomic E-state index is 0.0627. The zero-order valence-electron chi connectivity index (χ0n) is 10.7. The summed E-state index contributed by atoms with van der Waals surface area (Å²) < 4.78 is 12.9. The maximum atomic E-state index is 12.9. The molecular weight excluding hydrogens is 231 g/mol. The van der Waals surface area contributed by atoms with Crippen LogP contribution in [0, 0.1) is 11.7 Å². The van der Waals surface area contributed by atoms with Crippen LogP contribution in [0.5, 0.6) is 0 Å². The normalized spacial score (nSPS) is 27.1. The van der Waals surface area contributed by atoms with Gasteiger partial charge in [0.15, 0.2) is 0 Å². The SMILES string of the molecule is CC1CCN(C(CN)c2ccc(F)cc2)CC1O. The molecule has 0 spiro atoms. The van der Waals surface area contributed by atoms with Crippen LogP contribution in [0.1, 0.15) is 24.9 Å². The number of nitrogens with two attached hydrogens (primary N) is 1. The fourth-order valence-corrected chi connectivity index (χ4v) is 2.54. The van der Waals surface area contributed by atoms with E-state index in [2.05, 4.69) is 11.8 Å². The molecule has 0 saturated carbocycles. The van der Waals surface area contributed by atoms with Crippen molar-refractivity contribution in [3.05, 3.63) is 35.6 Å². The van der Waals surface area contributed by atoms with Gasteiger partial charge in [-0.1, -0.05) is 19.1 Å². The van der Waals surface area contributed by atoms with Crippen LogP contribution in [0.25, 0.3) is 0 Å². The van der Waals surface area contributed by atoms with Crippen molar-refractivity contribution < 1.29 is 9.50 Å². The fourth-order valence-electron chi connectivity index (χ4n) is 2.54. The third-order valence-electron chi connectivity index (χ3n) is 3.87. The summed E-state index contributed by atoms with van der Waals surface area (Å²) in [5, 5.41) is 9.94. The number of hydrogen-bond acceptors (Lipinski definition) is 3. The van der Waals surface area contributed by atoms with Crippen LogP contribution >= 0.6 is 0 Å². The highest BCUT2D eigenvalue weighted by Crippen LogP contribution is 2.26. The molecule has 4 heteroatoms. The van der Waals surface area contributed by atoms with E-state index in [4.69, 9.17) is 5.73 Å². The zero-order valence-corrected chi connectivity index (χ0v) is 10.7. The van der Waals surface area contributed by atoms with Crippen molar-refractivity contribution in [1.82, 2.24) is 4.90 Å². The molecule has 1 aromatic rings. The molecule has 1 heterocycles. The molecule has 1 aliphatic rings. The summed E-state index contributed by atoms with van der Waals surface area (Å²) in [6.45, 7) is 4.11. The smallest absolute Gasteiger partial charge is 0.123 e. The van der Waals surface area contributed by atoms with Gasteiger partial charge in [0.05, 0.1) is 6.10 Å². The maximum absolute atomic E-state index is 12.9. The minimum Gasteiger partial charge on any atom is -0.392 e. The van der Waals surface area contributed by atoms with E-state index in [0.717, 1.165) is 18.5 Å². The van der Waals surface area contributed by atoms with Gasteiger partial charge >= 0.3 is 0 Å². The van der Waals surface area contributed by atoms with Crippen LogP contribution in [-0.4, -0.2) is 35.7 Å². The number of piperidine rings is 1. The zero-order chi connectivity index (χ0) is 13.1. The molecule has 18 heavy (non-hydrogen) atoms. The molecule has 1 fully saturated rings. The first-order chi connectivity index (χ1) is 8.61. The van der Waals surface area contributed by atoms with Crippen molar-refractivity contribution in [1.29, 1.82) is 0 Å². The largest absolute Gasteiger partial charge is 0.392 e. The number of nitrogens with zero attached hydrogens (tertiary/aromatic N) is 1. The van der Waals surface area contributed by atoms with E-state index in [-0.39, 0.29) is 18.0 Å². The first-order valence-corrected chi connectivity index (χ1v) is 6.49. The van der Waals surface area contributed by atoms with E-state index < -0.39 is 0 Å². The quantitative estimate of drug-likeness (QED) is 0.857. The number of aliphatic hydroxyl groups excluding tert-OH is 1. The first-order valence-electron chi connectivity index (χ1n) is 6.49. The predicted octanol–water partition coefficient (Wildman–Crippen LogP) is 1.53. The number of benzene rings is 1. The Hall–Kier alpha value is -0.970. The molecule has 1 saturated heterocycles. The van der Waals surface area contributed by atoms with Gasteiger partial charge < -0.3 is 10.8 Å². The number of β-amino-alcohol motifs (C(OH)–C–C–N with tert-alkyl or cyclic N) is 1. The van der Waals surface area contributed by atoms with Crippen LogP contribution in [0.2, 0.25) is 0 Å². The van der Waals surface area contributed by atoms with E-state index in [1.807, 2.05) is 0 Å². The van der Waals surface area contributed by atoms with Crippen LogP contribution in [0.4, 0.5) is 4.39 Å². The van der Waals surface area contributed by atoms with Crippen molar-refractivity contribution in [2.75, 3.05) is 19.6 Å². The molecule has 0 bridgehead atoms. The summed E-state index contributed by atoms with van der Waals surface area (Å²) in [6, 6.07) is 6.53. The average Bonchev–Trinajstić information content (AvgIpc) is 2.37. The van der Waals surface area contributed by atoms with Gasteiger partial charge in [0.25, 0.3) is 0 Å². The van der Waals surface area contributed by atoms with E-state index >= 15 is 0 Å². The molecule has 3 nitrogen and oxygen atoms in total. The Morgan fingerprint density at radius 1 is 1.44 bits per heavy atom. The summed E-state index contributed by atoms with van der Waals surface area (Å²) in [5.74, 6) is 0.106. The minimum atomic E-state index is -0.298. The lowest BCUT2D eigenvalue weighted by molar-refractivity contribution is 0.0111. The van der Waals surface area contributed by atoms with Gasteiger partial charge in [-0.3, -0.25) is 4.90 Å². The molecular formula is C14H21FN2O. The van der Waals surface area contributed by atoms with Crippen LogP contribution in [0.3, 0.4) is 0 Å². The lowest BCUT2D eigenvalue weighted by atomic mass is 9.93. The van der Waals surface area contributed by atoms with Crippen LogP contribution < -0.4 is 5.73 Å². The summed E-state index contributed by atoms with van der Waals surface area (Å²) in [5.41, 5.74) is 6.85. The highest BCUT2D eigenvalue weighted by atomic mass is 19.1. The van der Waals surface area contributed by atoms with Crippen molar-refractivity contribution in [2.45, 2.75) is 25.5 Å². The molecule has 3 unspecified atom stereocenters. The van der Waals surface area contributed by atoms with Crippen molar-refractivity contribution in [2.24, 2.45) is 11.7 Å². The fraction of sp³-hybridized carbons (Fsp3) is 0.571. The molecule has 2 rings (SSSR count). The van der Waals surface area contributed by atoms with Crippen molar-refractivity contribution in [3.8, 4) is 0 Å². The van der Waals surface area contributed by atoms with Gasteiger partial charge in [0.1, 0.15) is 5.82 Å². The molecule has 3 atom stereocenters. The van der Waals surface area contributed by atoms with Gasteiger partial charge in [-0.15, -0.1) is 0 Å². The number of halogens is 1. The Bertz CT molecular complexity index is 382. The van der Waals surface area contributed by atoms with Gasteiger partial charge in [0.2, 0.25) is 0 Å². The van der Waals surface area contributed by atoms with Gasteiger partial charge in [0, 0.05) is 19.1 Å². The Morgan fingerprint density at radius 3 is 2.67 bits per heavy atom. The Balaban J connectivity index is 2.11. The molecule has 0 aliphatic carbocycles. The molecule has 100 valence electrons. The Labute approximate surface area is 107 Å². The third-order valence-corrected chi connectivity index (χ3v) is 3.87. The van der Waals surface area contributed by atoms with Crippen LogP contribution in [0.15, 0.2) is 24.3 Å². The molecule has 3 N–H and O–H groups in total. The number of likely N-dealkylation sites (tertiary alicyclic amines) is 1. The summed E-state index contributed by atoms with van der Waals surface area (Å²) >= 11 is 0. The van der Waals surface area contributed by atoms with Crippen LogP contribution in [-0.2, 0) is 0 Å². The van der Waals surface area contributed by atoms with Crippen molar-refractivity contribution in [3.63, 3.8) is 0 Å². The van der Waals surface area contributed by atoms with Crippen molar-refractivity contribution >= 4 is 0 Å². The summed E-state index contributed by atoms with van der Waals surface area (Å²) in [4.78, 5) is 2.19. The average molecular weight is 252 g/mol. The molecule has 1 aromatic carbocycles. The second-order valence-corrected chi connectivity index (χ2v) is 5.13. The standard InChI is InChI=1S/C14H21FN2O/c1-10-6-7-17(9-14(10)18)13(8-16)11-2-4-12(15)5-3-11/h2-5,10,13-14,18H,6-9,16H2,1H3. The molecule has 0 amide bonds. The predicted molar refractivity (Wildman–Crippen MR) is 69.6 cm³/mol. The number of hydrogen-bond donors (Lipinski definition) is 2. The van der Waals surface area contributed by atoms with E-state index in [1.165, 1.54) is 12.1 Å². The Morgan fingerprint density at radius 2 is 2.11 bits per heavy atom. The lowest BCUT2D eigenvalue weighted by Crippen LogP contribution is -2.46. The van der Waals surface area contributed by atoms with Gasteiger partial charge in [-0.05, 0) is 36.6 Å². The summed E-state index contributed by atoms with van der Waals surface area (Å²) in [6.07, 6.45) is 0.673. The number of rotatable bonds is 3. The summed E-state index contributed by atoms with van der Waals surface area (Å²) in [7, 11) is 0. The Kier molecular flexibility index (Phi) is 4.32. The number of aliphatic hydroxyl groups is 1. The maximum Gasteiger partial charge on any atom is 0.123 e. The highest BCUT2D eigenvalue weighted by molar-refractivity contribution is 5.20. The van der Waals surface area contributed by atoms with E-state index in [1.54, 1.807) is 12.1 Å². The molecule has 1 aliphatic heterocycles. The topological polar surface area (TPSA) is 49.5 Å². The van der Waals surface area contributed by atoms with E-state index in [0.29, 0.717) is 19.0 Å². The monoisotopic (exact) mass is 252 g/mol. The molecule has 0 radical (unpaired) electrons. The van der Waals surface area contributed by atoms with E-state index in [9.17, 15) is 9.50 Å². The second kappa shape index (κ2) is 5.78. The second-order valence-electron chi connectivity index (χ2n) is 5.13. The third kappa shape index (κ3) is 2.88. The lowest BCUT2D eigenvalue weighted by Gasteiger charge is -2.39. The van der Waals surface area contributed by atoms with Gasteiger partial charge in [-0.25, -0.2) is 4.39 Å². The van der Waals surface area contributed by atoms with Gasteiger partial charge in [-0.2, -0.15) is 0 Å².